The van der Waals surface area contributed by atoms with Crippen LogP contribution in [0.5, 0.6) is 0 Å². The lowest BCUT2D eigenvalue weighted by Crippen LogP contribution is -2.71. The topological polar surface area (TPSA) is 200 Å². The zero-order chi connectivity index (χ0) is 31.5. The van der Waals surface area contributed by atoms with Crippen molar-refractivity contribution in [3.05, 3.63) is 70.3 Å². The van der Waals surface area contributed by atoms with Crippen molar-refractivity contribution < 1.29 is 34.0 Å². The number of para-hydroxylation sites is 1. The number of nitrogens with one attached hydrogen (secondary N) is 4. The largest absolute Gasteiger partial charge is 0.480 e. The SMILES string of the molecule is CNC(=O)CC(NSc1ccccc1[N+](=O)[O-])C(=O)NC(C(=O)N[C@@H]1C(=O)N2[C@@H]1SC(C)(C)[C@@H]2C(=O)O)c1ccccc1. The summed E-state index contributed by atoms with van der Waals surface area (Å²) < 4.78 is 2.02. The highest BCUT2D eigenvalue weighted by atomic mass is 32.2. The van der Waals surface area contributed by atoms with E-state index in [1.165, 1.54) is 41.9 Å². The predicted octanol–water partition coefficient (Wildman–Crippen LogP) is 1.19. The molecule has 4 rings (SSSR count). The Morgan fingerprint density at radius 2 is 1.74 bits per heavy atom. The van der Waals surface area contributed by atoms with Gasteiger partial charge in [0.25, 0.3) is 5.69 Å². The van der Waals surface area contributed by atoms with E-state index in [4.69, 9.17) is 0 Å². The number of hydrogen-bond donors (Lipinski definition) is 5. The fraction of sp³-hybridized carbons (Fsp3) is 0.370. The summed E-state index contributed by atoms with van der Waals surface area (Å²) in [6.45, 7) is 3.44. The van der Waals surface area contributed by atoms with Crippen molar-refractivity contribution in [3.8, 4) is 0 Å². The van der Waals surface area contributed by atoms with Gasteiger partial charge in [-0.1, -0.05) is 42.5 Å². The van der Waals surface area contributed by atoms with E-state index in [1.807, 2.05) is 0 Å². The molecule has 14 nitrogen and oxygen atoms in total. The van der Waals surface area contributed by atoms with Crippen molar-refractivity contribution in [1.29, 1.82) is 0 Å². The minimum Gasteiger partial charge on any atom is -0.480 e. The van der Waals surface area contributed by atoms with E-state index in [0.29, 0.717) is 5.56 Å². The number of thioether (sulfide) groups is 1. The third-order valence-electron chi connectivity index (χ3n) is 7.01. The third-order valence-corrected chi connectivity index (χ3v) is 9.55. The Bertz CT molecular complexity index is 1440. The van der Waals surface area contributed by atoms with E-state index < -0.39 is 68.8 Å². The molecule has 2 aromatic carbocycles. The van der Waals surface area contributed by atoms with Crippen LogP contribution in [0.25, 0.3) is 0 Å². The summed E-state index contributed by atoms with van der Waals surface area (Å²) in [4.78, 5) is 76.5. The molecular formula is C27H30N6O8S2. The molecule has 0 aliphatic carbocycles. The highest BCUT2D eigenvalue weighted by molar-refractivity contribution is 8.01. The summed E-state index contributed by atoms with van der Waals surface area (Å²) in [7, 11) is 1.39. The first-order chi connectivity index (χ1) is 20.4. The monoisotopic (exact) mass is 630 g/mol. The molecule has 4 amide bonds. The summed E-state index contributed by atoms with van der Waals surface area (Å²) >= 11 is 2.07. The fourth-order valence-corrected chi connectivity index (χ4v) is 7.35. The van der Waals surface area contributed by atoms with Crippen LogP contribution in [-0.4, -0.2) is 79.8 Å². The molecule has 2 heterocycles. The van der Waals surface area contributed by atoms with Gasteiger partial charge in [0.2, 0.25) is 23.6 Å². The number of hydrogen-bond acceptors (Lipinski definition) is 10. The molecule has 2 aliphatic heterocycles. The molecule has 228 valence electrons. The zero-order valence-corrected chi connectivity index (χ0v) is 24.9. The van der Waals surface area contributed by atoms with Crippen LogP contribution in [-0.2, 0) is 24.0 Å². The van der Waals surface area contributed by atoms with Crippen molar-refractivity contribution in [2.45, 2.75) is 59.5 Å². The predicted molar refractivity (Wildman–Crippen MR) is 158 cm³/mol. The molecule has 43 heavy (non-hydrogen) atoms. The standard InChI is InChI=1S/C27H30N6O8S2/c1-27(2)21(26(38)39)32-24(37)20(25(32)42-27)30-23(36)19(14-9-5-4-6-10-14)29-22(35)15(13-18(34)28-3)31-43-17-12-8-7-11-16(17)33(40)41/h4-12,15,19-21,25,31H,13H2,1-3H3,(H,28,34)(H,29,35)(H,30,36)(H,38,39)/t15?,19?,20-,21+,25-/m1/s1. The maximum Gasteiger partial charge on any atom is 0.327 e. The van der Waals surface area contributed by atoms with Crippen LogP contribution in [0.4, 0.5) is 5.69 Å². The van der Waals surface area contributed by atoms with Crippen molar-refractivity contribution in [2.24, 2.45) is 0 Å². The maximum atomic E-state index is 13.6. The average molecular weight is 631 g/mol. The second kappa shape index (κ2) is 13.0. The maximum absolute atomic E-state index is 13.6. The molecule has 16 heteroatoms. The van der Waals surface area contributed by atoms with E-state index in [-0.39, 0.29) is 17.0 Å². The van der Waals surface area contributed by atoms with E-state index in [9.17, 15) is 39.2 Å². The summed E-state index contributed by atoms with van der Waals surface area (Å²) in [6.07, 6.45) is -0.348. The smallest absolute Gasteiger partial charge is 0.327 e. The van der Waals surface area contributed by atoms with Gasteiger partial charge in [0.1, 0.15) is 34.4 Å². The lowest BCUT2D eigenvalue weighted by molar-refractivity contribution is -0.387. The van der Waals surface area contributed by atoms with Gasteiger partial charge < -0.3 is 26.0 Å². The lowest BCUT2D eigenvalue weighted by atomic mass is 9.95. The van der Waals surface area contributed by atoms with Crippen LogP contribution >= 0.6 is 23.7 Å². The van der Waals surface area contributed by atoms with E-state index >= 15 is 0 Å². The van der Waals surface area contributed by atoms with Gasteiger partial charge in [-0.2, -0.15) is 0 Å². The number of benzene rings is 2. The van der Waals surface area contributed by atoms with Gasteiger partial charge in [-0.3, -0.25) is 29.3 Å². The number of β-lactam (4-membered cyclic amide) rings is 1. The number of carboxylic acids is 1. The van der Waals surface area contributed by atoms with Crippen LogP contribution in [0, 0.1) is 10.1 Å². The van der Waals surface area contributed by atoms with E-state index in [1.54, 1.807) is 50.2 Å². The van der Waals surface area contributed by atoms with Gasteiger partial charge in [0.15, 0.2) is 0 Å². The quantitative estimate of drug-likeness (QED) is 0.0976. The Morgan fingerprint density at radius 1 is 1.09 bits per heavy atom. The van der Waals surface area contributed by atoms with Crippen LogP contribution in [0.15, 0.2) is 59.5 Å². The van der Waals surface area contributed by atoms with Crippen LogP contribution < -0.4 is 20.7 Å². The Morgan fingerprint density at radius 3 is 2.37 bits per heavy atom. The number of fused-ring (bicyclic) bond motifs is 1. The molecule has 0 bridgehead atoms. The number of amides is 4. The fourth-order valence-electron chi connectivity index (χ4n) is 4.87. The molecule has 0 aromatic heterocycles. The highest BCUT2D eigenvalue weighted by Gasteiger charge is 2.64. The van der Waals surface area contributed by atoms with Crippen molar-refractivity contribution >= 4 is 59.0 Å². The van der Waals surface area contributed by atoms with Gasteiger partial charge in [-0.15, -0.1) is 11.8 Å². The van der Waals surface area contributed by atoms with Crippen molar-refractivity contribution in [3.63, 3.8) is 0 Å². The summed E-state index contributed by atoms with van der Waals surface area (Å²) in [5, 5.41) is 28.2. The first kappa shape index (κ1) is 31.8. The number of nitro groups is 1. The van der Waals surface area contributed by atoms with Gasteiger partial charge in [0, 0.05) is 17.9 Å². The third kappa shape index (κ3) is 6.76. The van der Waals surface area contributed by atoms with Crippen LogP contribution in [0.1, 0.15) is 31.9 Å². The van der Waals surface area contributed by atoms with Crippen molar-refractivity contribution in [2.75, 3.05) is 7.05 Å². The molecule has 2 fully saturated rings. The minimum absolute atomic E-state index is 0.196. The molecule has 2 aliphatic rings. The molecular weight excluding hydrogens is 600 g/mol. The average Bonchev–Trinajstić information content (AvgIpc) is 3.24. The number of nitrogens with zero attached hydrogens (tertiary/aromatic N) is 2. The summed E-state index contributed by atoms with van der Waals surface area (Å²) in [6, 6.07) is 9.59. The van der Waals surface area contributed by atoms with E-state index in [2.05, 4.69) is 20.7 Å². The first-order valence-corrected chi connectivity index (χ1v) is 14.8. The molecule has 2 saturated heterocycles. The van der Waals surface area contributed by atoms with Gasteiger partial charge in [-0.05, 0) is 37.4 Å². The molecule has 0 saturated carbocycles. The van der Waals surface area contributed by atoms with Crippen LogP contribution in [0.3, 0.4) is 0 Å². The summed E-state index contributed by atoms with van der Waals surface area (Å²) in [5.41, 5.74) is 0.197. The minimum atomic E-state index is -1.28. The second-order valence-corrected chi connectivity index (χ2v) is 13.0. The zero-order valence-electron chi connectivity index (χ0n) is 23.3. The summed E-state index contributed by atoms with van der Waals surface area (Å²) in [5.74, 6) is -3.63. The number of rotatable bonds is 12. The van der Waals surface area contributed by atoms with Crippen LogP contribution in [0.2, 0.25) is 0 Å². The highest BCUT2D eigenvalue weighted by Crippen LogP contribution is 2.50. The molecule has 5 atom stereocenters. The molecule has 2 aromatic rings. The van der Waals surface area contributed by atoms with Gasteiger partial charge >= 0.3 is 5.97 Å². The molecule has 0 radical (unpaired) electrons. The number of carboxylic acid groups (broad SMARTS) is 1. The Labute approximate surface area is 255 Å². The van der Waals surface area contributed by atoms with E-state index in [0.717, 1.165) is 11.9 Å². The van der Waals surface area contributed by atoms with Crippen molar-refractivity contribution in [1.82, 2.24) is 25.6 Å². The number of carbonyl (C=O) groups excluding carboxylic acids is 4. The first-order valence-electron chi connectivity index (χ1n) is 13.1. The van der Waals surface area contributed by atoms with Gasteiger partial charge in [0.05, 0.1) is 11.3 Å². The normalized spacial score (nSPS) is 21.5. The Hall–Kier alpha value is -4.15. The Kier molecular flexibility index (Phi) is 9.62. The lowest BCUT2D eigenvalue weighted by Gasteiger charge is -2.44. The van der Waals surface area contributed by atoms with Gasteiger partial charge in [-0.25, -0.2) is 9.52 Å². The number of aliphatic carboxylic acids is 1. The number of carbonyl (C=O) groups is 5. The molecule has 5 N–H and O–H groups in total. The second-order valence-electron chi connectivity index (χ2n) is 10.3. The molecule has 0 spiro atoms. The number of nitro benzene ring substituents is 1. The molecule has 2 unspecified atom stereocenters. The Balaban J connectivity index is 1.53.